The summed E-state index contributed by atoms with van der Waals surface area (Å²) in [6.45, 7) is 1.64. The van der Waals surface area contributed by atoms with Gasteiger partial charge in [-0.1, -0.05) is 22.9 Å². The zero-order valence-electron chi connectivity index (χ0n) is 10.1. The average molecular weight is 282 g/mol. The van der Waals surface area contributed by atoms with Gasteiger partial charge in [0, 0.05) is 5.02 Å². The zero-order chi connectivity index (χ0) is 13.7. The molecule has 0 saturated carbocycles. The molecule has 19 heavy (non-hydrogen) atoms. The summed E-state index contributed by atoms with van der Waals surface area (Å²) in [5, 5.41) is 16.5. The van der Waals surface area contributed by atoms with Crippen LogP contribution in [0, 0.1) is 0 Å². The average Bonchev–Trinajstić information content (AvgIpc) is 2.90. The van der Waals surface area contributed by atoms with Crippen molar-refractivity contribution in [1.29, 1.82) is 0 Å². The van der Waals surface area contributed by atoms with Gasteiger partial charge in [0.25, 0.3) is 5.91 Å². The molecular weight excluding hydrogens is 270 g/mol. The molecule has 0 radical (unpaired) electrons. The van der Waals surface area contributed by atoms with Crippen molar-refractivity contribution in [3.8, 4) is 5.75 Å². The van der Waals surface area contributed by atoms with Crippen LogP contribution in [-0.4, -0.2) is 33.1 Å². The Morgan fingerprint density at radius 3 is 3.11 bits per heavy atom. The number of carbonyl (C=O) groups excluding carboxylic acids is 1. The van der Waals surface area contributed by atoms with Crippen LogP contribution in [0.25, 0.3) is 0 Å². The molecule has 7 nitrogen and oxygen atoms in total. The molecular formula is C11H12ClN5O2. The van der Waals surface area contributed by atoms with Crippen LogP contribution in [0.1, 0.15) is 18.8 Å². The van der Waals surface area contributed by atoms with E-state index in [2.05, 4.69) is 25.9 Å². The number of nitrogens with one attached hydrogen (secondary N) is 2. The minimum atomic E-state index is -0.339. The van der Waals surface area contributed by atoms with E-state index >= 15 is 0 Å². The lowest BCUT2D eigenvalue weighted by atomic mass is 10.3. The normalized spacial score (nSPS) is 11.9. The van der Waals surface area contributed by atoms with Crippen LogP contribution in [-0.2, 0) is 4.79 Å². The fourth-order valence-electron chi connectivity index (χ4n) is 1.41. The van der Waals surface area contributed by atoms with Gasteiger partial charge < -0.3 is 10.1 Å². The molecule has 1 amide bonds. The van der Waals surface area contributed by atoms with E-state index < -0.39 is 0 Å². The van der Waals surface area contributed by atoms with Crippen molar-refractivity contribution >= 4 is 17.5 Å². The second kappa shape index (κ2) is 6.14. The van der Waals surface area contributed by atoms with E-state index in [1.165, 1.54) is 0 Å². The number of hydrogen-bond acceptors (Lipinski definition) is 5. The standard InChI is InChI=1S/C11H12ClN5O2/c1-7(11-14-16-17-15-11)13-10(18)6-19-9-4-2-3-8(12)5-9/h2-5,7H,6H2,1H3,(H,13,18)(H,14,15,16,17). The number of benzene rings is 1. The lowest BCUT2D eigenvalue weighted by Gasteiger charge is -2.11. The summed E-state index contributed by atoms with van der Waals surface area (Å²) in [6.07, 6.45) is 0. The molecule has 0 aliphatic carbocycles. The minimum Gasteiger partial charge on any atom is -0.484 e. The largest absolute Gasteiger partial charge is 0.484 e. The molecule has 1 atom stereocenters. The van der Waals surface area contributed by atoms with Gasteiger partial charge in [-0.25, -0.2) is 0 Å². The SMILES string of the molecule is CC(NC(=O)COc1cccc(Cl)c1)c1nn[nH]n1. The monoisotopic (exact) mass is 281 g/mol. The Balaban J connectivity index is 1.82. The highest BCUT2D eigenvalue weighted by molar-refractivity contribution is 6.30. The fraction of sp³-hybridized carbons (Fsp3) is 0.273. The number of tetrazole rings is 1. The maximum atomic E-state index is 11.7. The highest BCUT2D eigenvalue weighted by Crippen LogP contribution is 2.16. The first-order chi connectivity index (χ1) is 9.15. The van der Waals surface area contributed by atoms with Crippen LogP contribution in [0.3, 0.4) is 0 Å². The van der Waals surface area contributed by atoms with Gasteiger partial charge >= 0.3 is 0 Å². The summed E-state index contributed by atoms with van der Waals surface area (Å²) in [7, 11) is 0. The summed E-state index contributed by atoms with van der Waals surface area (Å²) >= 11 is 5.80. The Morgan fingerprint density at radius 1 is 1.58 bits per heavy atom. The molecule has 0 aliphatic rings. The van der Waals surface area contributed by atoms with E-state index in [4.69, 9.17) is 16.3 Å². The second-order valence-corrected chi connectivity index (χ2v) is 4.24. The first-order valence-corrected chi connectivity index (χ1v) is 5.94. The summed E-state index contributed by atoms with van der Waals surface area (Å²) in [5.41, 5.74) is 0. The number of halogens is 1. The number of amides is 1. The number of H-pyrrole nitrogens is 1. The first kappa shape index (κ1) is 13.3. The molecule has 0 bridgehead atoms. The predicted molar refractivity (Wildman–Crippen MR) is 67.7 cm³/mol. The zero-order valence-corrected chi connectivity index (χ0v) is 10.9. The molecule has 0 saturated heterocycles. The minimum absolute atomic E-state index is 0.109. The van der Waals surface area contributed by atoms with Crippen LogP contribution in [0.15, 0.2) is 24.3 Å². The van der Waals surface area contributed by atoms with E-state index in [9.17, 15) is 4.79 Å². The van der Waals surface area contributed by atoms with E-state index in [-0.39, 0.29) is 18.6 Å². The van der Waals surface area contributed by atoms with Crippen molar-refractivity contribution in [1.82, 2.24) is 25.9 Å². The molecule has 1 heterocycles. The third-order valence-electron chi connectivity index (χ3n) is 2.29. The van der Waals surface area contributed by atoms with Crippen molar-refractivity contribution in [3.63, 3.8) is 0 Å². The van der Waals surface area contributed by atoms with Crippen LogP contribution in [0.2, 0.25) is 5.02 Å². The summed E-state index contributed by atoms with van der Waals surface area (Å²) in [4.78, 5) is 11.7. The quantitative estimate of drug-likeness (QED) is 0.856. The van der Waals surface area contributed by atoms with Crippen LogP contribution >= 0.6 is 11.6 Å². The molecule has 0 fully saturated rings. The van der Waals surface area contributed by atoms with Gasteiger partial charge in [-0.05, 0) is 25.1 Å². The molecule has 2 rings (SSSR count). The lowest BCUT2D eigenvalue weighted by molar-refractivity contribution is -0.123. The van der Waals surface area contributed by atoms with Gasteiger partial charge in [0.15, 0.2) is 12.4 Å². The van der Waals surface area contributed by atoms with Crippen molar-refractivity contribution in [2.75, 3.05) is 6.61 Å². The van der Waals surface area contributed by atoms with E-state index in [0.717, 1.165) is 0 Å². The fourth-order valence-corrected chi connectivity index (χ4v) is 1.59. The number of ether oxygens (including phenoxy) is 1. The third-order valence-corrected chi connectivity index (χ3v) is 2.53. The molecule has 2 N–H and O–H groups in total. The molecule has 0 aliphatic heterocycles. The van der Waals surface area contributed by atoms with Crippen LogP contribution in [0.5, 0.6) is 5.75 Å². The van der Waals surface area contributed by atoms with E-state index in [0.29, 0.717) is 16.6 Å². The number of hydrogen-bond donors (Lipinski definition) is 2. The van der Waals surface area contributed by atoms with Gasteiger partial charge in [0.1, 0.15) is 5.75 Å². The van der Waals surface area contributed by atoms with Crippen LogP contribution in [0.4, 0.5) is 0 Å². The van der Waals surface area contributed by atoms with Gasteiger partial charge in [-0.2, -0.15) is 5.21 Å². The van der Waals surface area contributed by atoms with Crippen molar-refractivity contribution in [2.24, 2.45) is 0 Å². The molecule has 100 valence electrons. The molecule has 0 spiro atoms. The Bertz CT molecular complexity index is 546. The van der Waals surface area contributed by atoms with E-state index in [1.54, 1.807) is 31.2 Å². The van der Waals surface area contributed by atoms with Crippen molar-refractivity contribution in [3.05, 3.63) is 35.1 Å². The predicted octanol–water partition coefficient (Wildman–Crippen LogP) is 1.11. The number of nitrogens with zero attached hydrogens (tertiary/aromatic N) is 3. The smallest absolute Gasteiger partial charge is 0.258 e. The topological polar surface area (TPSA) is 92.8 Å². The van der Waals surface area contributed by atoms with Gasteiger partial charge in [-0.3, -0.25) is 4.79 Å². The highest BCUT2D eigenvalue weighted by atomic mass is 35.5. The maximum absolute atomic E-state index is 11.7. The molecule has 1 unspecified atom stereocenters. The van der Waals surface area contributed by atoms with E-state index in [1.807, 2.05) is 0 Å². The number of rotatable bonds is 5. The molecule has 1 aromatic heterocycles. The lowest BCUT2D eigenvalue weighted by Crippen LogP contribution is -2.31. The van der Waals surface area contributed by atoms with Gasteiger partial charge in [-0.15, -0.1) is 10.2 Å². The Morgan fingerprint density at radius 2 is 2.42 bits per heavy atom. The summed E-state index contributed by atoms with van der Waals surface area (Å²) < 4.78 is 5.31. The highest BCUT2D eigenvalue weighted by Gasteiger charge is 2.13. The van der Waals surface area contributed by atoms with Crippen molar-refractivity contribution in [2.45, 2.75) is 13.0 Å². The second-order valence-electron chi connectivity index (χ2n) is 3.81. The number of aromatic nitrogens is 4. The Hall–Kier alpha value is -2.15. The number of carbonyl (C=O) groups is 1. The van der Waals surface area contributed by atoms with Crippen molar-refractivity contribution < 1.29 is 9.53 Å². The summed E-state index contributed by atoms with van der Waals surface area (Å²) in [6, 6.07) is 6.50. The summed E-state index contributed by atoms with van der Waals surface area (Å²) in [5.74, 6) is 0.670. The first-order valence-electron chi connectivity index (χ1n) is 5.56. The maximum Gasteiger partial charge on any atom is 0.258 e. The molecule has 1 aromatic carbocycles. The van der Waals surface area contributed by atoms with Gasteiger partial charge in [0.05, 0.1) is 6.04 Å². The Labute approximate surface area is 114 Å². The van der Waals surface area contributed by atoms with Crippen LogP contribution < -0.4 is 10.1 Å². The number of aromatic amines is 1. The third kappa shape index (κ3) is 3.92. The molecule has 2 aromatic rings. The van der Waals surface area contributed by atoms with Gasteiger partial charge in [0.2, 0.25) is 0 Å². The molecule has 8 heteroatoms. The Kier molecular flexibility index (Phi) is 4.30.